The van der Waals surface area contributed by atoms with E-state index in [1.165, 1.54) is 6.33 Å². The van der Waals surface area contributed by atoms with Gasteiger partial charge in [-0.3, -0.25) is 9.59 Å². The molecule has 10 heteroatoms. The van der Waals surface area contributed by atoms with E-state index in [1.807, 2.05) is 60.7 Å². The molecule has 0 bridgehead atoms. The third-order valence-electron chi connectivity index (χ3n) is 4.30. The van der Waals surface area contributed by atoms with E-state index in [4.69, 9.17) is 4.74 Å². The van der Waals surface area contributed by atoms with Crippen LogP contribution in [0.25, 0.3) is 0 Å². The first-order chi connectivity index (χ1) is 15.1. The minimum Gasteiger partial charge on any atom is -0.445 e. The third kappa shape index (κ3) is 7.35. The summed E-state index contributed by atoms with van der Waals surface area (Å²) in [4.78, 5) is 38.0. The number of alkyl carbamates (subject to hydrolysis) is 1. The molecule has 1 heterocycles. The van der Waals surface area contributed by atoms with E-state index < -0.39 is 18.0 Å². The molecule has 0 aliphatic rings. The zero-order valence-electron chi connectivity index (χ0n) is 16.7. The first-order valence-electron chi connectivity index (χ1n) is 9.61. The summed E-state index contributed by atoms with van der Waals surface area (Å²) in [6.07, 6.45) is 0.790. The van der Waals surface area contributed by atoms with Crippen LogP contribution in [0.1, 0.15) is 11.1 Å². The summed E-state index contributed by atoms with van der Waals surface area (Å²) < 4.78 is 5.07. The predicted octanol–water partition coefficient (Wildman–Crippen LogP) is 0.896. The van der Waals surface area contributed by atoms with E-state index in [0.29, 0.717) is 6.42 Å². The van der Waals surface area contributed by atoms with Gasteiger partial charge in [-0.2, -0.15) is 4.80 Å². The van der Waals surface area contributed by atoms with Gasteiger partial charge in [0.05, 0.1) is 6.04 Å². The van der Waals surface area contributed by atoms with E-state index >= 15 is 0 Å². The molecule has 10 nitrogen and oxygen atoms in total. The van der Waals surface area contributed by atoms with Crippen molar-refractivity contribution in [1.82, 2.24) is 30.8 Å². The third-order valence-corrected chi connectivity index (χ3v) is 4.30. The summed E-state index contributed by atoms with van der Waals surface area (Å²) in [6.45, 7) is -0.369. The van der Waals surface area contributed by atoms with Gasteiger partial charge in [-0.15, -0.1) is 10.2 Å². The molecule has 160 valence electrons. The lowest BCUT2D eigenvalue weighted by atomic mass is 10.0. The molecule has 0 aliphatic heterocycles. The van der Waals surface area contributed by atoms with Crippen LogP contribution in [-0.4, -0.2) is 50.6 Å². The van der Waals surface area contributed by atoms with Crippen molar-refractivity contribution in [1.29, 1.82) is 0 Å². The number of ether oxygens (including phenoxy) is 1. The molecule has 0 fully saturated rings. The van der Waals surface area contributed by atoms with Crippen LogP contribution < -0.4 is 10.6 Å². The monoisotopic (exact) mass is 422 g/mol. The van der Waals surface area contributed by atoms with Crippen molar-refractivity contribution in [2.24, 2.45) is 0 Å². The zero-order chi connectivity index (χ0) is 21.9. The van der Waals surface area contributed by atoms with Crippen LogP contribution in [0.4, 0.5) is 4.79 Å². The average molecular weight is 422 g/mol. The minimum atomic E-state index is -0.817. The second kappa shape index (κ2) is 11.2. The lowest BCUT2D eigenvalue weighted by Gasteiger charge is -2.18. The number of aromatic nitrogens is 4. The van der Waals surface area contributed by atoms with Crippen LogP contribution in [0.15, 0.2) is 67.0 Å². The molecule has 0 saturated carbocycles. The SMILES string of the molecule is O=C(CNC(=O)OCc1ccccc1)NC(Cc1ccccc1)C(=O)Cn1ncnn1. The van der Waals surface area contributed by atoms with Crippen molar-refractivity contribution in [2.45, 2.75) is 25.6 Å². The molecular formula is C21H22N6O4. The van der Waals surface area contributed by atoms with Gasteiger partial charge >= 0.3 is 6.09 Å². The number of nitrogens with one attached hydrogen (secondary N) is 2. The molecule has 3 rings (SSSR count). The number of nitrogens with zero attached hydrogens (tertiary/aromatic N) is 4. The van der Waals surface area contributed by atoms with Crippen LogP contribution >= 0.6 is 0 Å². The number of benzene rings is 2. The highest BCUT2D eigenvalue weighted by molar-refractivity contribution is 5.90. The summed E-state index contributed by atoms with van der Waals surface area (Å²) in [5.41, 5.74) is 1.71. The summed E-state index contributed by atoms with van der Waals surface area (Å²) in [5, 5.41) is 16.1. The van der Waals surface area contributed by atoms with Crippen molar-refractivity contribution in [3.8, 4) is 0 Å². The molecule has 1 unspecified atom stereocenters. The van der Waals surface area contributed by atoms with Gasteiger partial charge in [0.2, 0.25) is 5.91 Å². The maximum Gasteiger partial charge on any atom is 0.407 e. The van der Waals surface area contributed by atoms with Gasteiger partial charge < -0.3 is 15.4 Å². The van der Waals surface area contributed by atoms with Gasteiger partial charge in [0.15, 0.2) is 12.1 Å². The number of tetrazole rings is 1. The Hall–Kier alpha value is -4.08. The normalized spacial score (nSPS) is 11.4. The fraction of sp³-hybridized carbons (Fsp3) is 0.238. The predicted molar refractivity (Wildman–Crippen MR) is 110 cm³/mol. The van der Waals surface area contributed by atoms with Crippen molar-refractivity contribution in [3.05, 3.63) is 78.1 Å². The molecule has 1 atom stereocenters. The van der Waals surface area contributed by atoms with Crippen LogP contribution in [0, 0.1) is 0 Å². The Labute approximate surface area is 178 Å². The van der Waals surface area contributed by atoms with Gasteiger partial charge in [-0.25, -0.2) is 4.79 Å². The van der Waals surface area contributed by atoms with Crippen LogP contribution in [0.2, 0.25) is 0 Å². The van der Waals surface area contributed by atoms with Gasteiger partial charge in [0, 0.05) is 0 Å². The summed E-state index contributed by atoms with van der Waals surface area (Å²) in [6, 6.07) is 17.6. The highest BCUT2D eigenvalue weighted by atomic mass is 16.5. The smallest absolute Gasteiger partial charge is 0.407 e. The largest absolute Gasteiger partial charge is 0.445 e. The van der Waals surface area contributed by atoms with Crippen LogP contribution in [0.3, 0.4) is 0 Å². The molecule has 0 radical (unpaired) electrons. The Morgan fingerprint density at radius 2 is 1.65 bits per heavy atom. The van der Waals surface area contributed by atoms with Gasteiger partial charge in [-0.1, -0.05) is 60.7 Å². The van der Waals surface area contributed by atoms with Crippen LogP contribution in [0.5, 0.6) is 0 Å². The lowest BCUT2D eigenvalue weighted by Crippen LogP contribution is -2.47. The number of Topliss-reactive ketones (excluding diaryl/α,β-unsaturated/α-hetero) is 1. The minimum absolute atomic E-state index is 0.0916. The Balaban J connectivity index is 1.51. The highest BCUT2D eigenvalue weighted by Gasteiger charge is 2.22. The van der Waals surface area contributed by atoms with Crippen molar-refractivity contribution in [2.75, 3.05) is 6.54 Å². The molecule has 0 aliphatic carbocycles. The van der Waals surface area contributed by atoms with Gasteiger partial charge in [-0.05, 0) is 22.8 Å². The fourth-order valence-electron chi connectivity index (χ4n) is 2.78. The summed E-state index contributed by atoms with van der Waals surface area (Å²) in [7, 11) is 0. The van der Waals surface area contributed by atoms with Gasteiger partial charge in [0.1, 0.15) is 19.7 Å². The molecular weight excluding hydrogens is 400 g/mol. The number of rotatable bonds is 10. The maximum atomic E-state index is 12.7. The number of carbonyl (C=O) groups is 3. The molecule has 2 amide bonds. The lowest BCUT2D eigenvalue weighted by molar-refractivity contribution is -0.127. The molecule has 1 aromatic heterocycles. The maximum absolute atomic E-state index is 12.7. The number of amides is 2. The number of hydrogen-bond donors (Lipinski definition) is 2. The zero-order valence-corrected chi connectivity index (χ0v) is 16.7. The Morgan fingerprint density at radius 3 is 2.29 bits per heavy atom. The van der Waals surface area contributed by atoms with Crippen molar-refractivity contribution >= 4 is 17.8 Å². The number of ketones is 1. The summed E-state index contributed by atoms with van der Waals surface area (Å²) >= 11 is 0. The second-order valence-electron chi connectivity index (χ2n) is 6.66. The summed E-state index contributed by atoms with van der Waals surface area (Å²) in [5.74, 6) is -0.806. The first kappa shape index (κ1) is 21.6. The van der Waals surface area contributed by atoms with Crippen molar-refractivity contribution in [3.63, 3.8) is 0 Å². The Morgan fingerprint density at radius 1 is 0.968 bits per heavy atom. The molecule has 2 N–H and O–H groups in total. The molecule has 31 heavy (non-hydrogen) atoms. The second-order valence-corrected chi connectivity index (χ2v) is 6.66. The Bertz CT molecular complexity index is 980. The van der Waals surface area contributed by atoms with Crippen molar-refractivity contribution < 1.29 is 19.1 Å². The number of hydrogen-bond acceptors (Lipinski definition) is 7. The average Bonchev–Trinajstić information content (AvgIpc) is 3.30. The quantitative estimate of drug-likeness (QED) is 0.497. The number of carbonyl (C=O) groups excluding carboxylic acids is 3. The molecule has 0 saturated heterocycles. The molecule has 2 aromatic carbocycles. The van der Waals surface area contributed by atoms with Gasteiger partial charge in [0.25, 0.3) is 0 Å². The molecule has 0 spiro atoms. The van der Waals surface area contributed by atoms with Crippen LogP contribution in [-0.2, 0) is 33.9 Å². The van der Waals surface area contributed by atoms with E-state index in [-0.39, 0.29) is 25.5 Å². The molecule has 3 aromatic rings. The van der Waals surface area contributed by atoms with E-state index in [2.05, 4.69) is 26.0 Å². The topological polar surface area (TPSA) is 128 Å². The van der Waals surface area contributed by atoms with E-state index in [1.54, 1.807) is 0 Å². The Kier molecular flexibility index (Phi) is 7.81. The highest BCUT2D eigenvalue weighted by Crippen LogP contribution is 2.05. The standard InChI is InChI=1S/C21H22N6O4/c28-19(13-27-24-15-23-26-27)18(11-16-7-3-1-4-8-16)25-20(29)12-22-21(30)31-14-17-9-5-2-6-10-17/h1-10,15,18H,11-14H2,(H,22,30)(H,25,29). The first-order valence-corrected chi connectivity index (χ1v) is 9.61. The van der Waals surface area contributed by atoms with E-state index in [9.17, 15) is 14.4 Å². The fourth-order valence-corrected chi connectivity index (χ4v) is 2.78. The van der Waals surface area contributed by atoms with E-state index in [0.717, 1.165) is 15.9 Å².